The molecule has 0 bridgehead atoms. The van der Waals surface area contributed by atoms with Crippen LogP contribution in [0.3, 0.4) is 0 Å². The van der Waals surface area contributed by atoms with E-state index in [1.54, 1.807) is 0 Å². The fraction of sp³-hybridized carbons (Fsp3) is 0.500. The lowest BCUT2D eigenvalue weighted by atomic mass is 9.96. The summed E-state index contributed by atoms with van der Waals surface area (Å²) in [7, 11) is 0.619. The molecule has 1 heterocycles. The zero-order chi connectivity index (χ0) is 10.6. The first-order valence-corrected chi connectivity index (χ1v) is 7.89. The summed E-state index contributed by atoms with van der Waals surface area (Å²) in [6.45, 7) is 0. The first kappa shape index (κ1) is 10.3. The standard InChI is InChI=1S/C12H13Cl2S/c1-15-6-9-5-12(9,7-15)8-2-3-10(13)11(14)4-8/h2-4,9H,5-7H2,1H3/q+1. The highest BCUT2D eigenvalue weighted by Crippen LogP contribution is 2.60. The molecule has 80 valence electrons. The number of hydrogen-bond donors (Lipinski definition) is 0. The summed E-state index contributed by atoms with van der Waals surface area (Å²) in [4.78, 5) is 0. The molecule has 0 N–H and O–H groups in total. The van der Waals surface area contributed by atoms with Gasteiger partial charge in [-0.15, -0.1) is 0 Å². The second-order valence-electron chi connectivity index (χ2n) is 4.78. The van der Waals surface area contributed by atoms with Gasteiger partial charge in [-0.05, 0) is 35.0 Å². The fourth-order valence-electron chi connectivity index (χ4n) is 2.86. The Hall–Kier alpha value is 0.150. The summed E-state index contributed by atoms with van der Waals surface area (Å²) >= 11 is 12.0. The van der Waals surface area contributed by atoms with E-state index in [0.29, 0.717) is 26.4 Å². The second kappa shape index (κ2) is 3.32. The predicted molar refractivity (Wildman–Crippen MR) is 69.3 cm³/mol. The van der Waals surface area contributed by atoms with Crippen molar-refractivity contribution in [3.63, 3.8) is 0 Å². The Kier molecular flexibility index (Phi) is 2.28. The zero-order valence-corrected chi connectivity index (χ0v) is 10.9. The van der Waals surface area contributed by atoms with Crippen LogP contribution in [0.1, 0.15) is 12.0 Å². The lowest BCUT2D eigenvalue weighted by Gasteiger charge is -2.10. The van der Waals surface area contributed by atoms with Crippen molar-refractivity contribution in [2.75, 3.05) is 17.8 Å². The van der Waals surface area contributed by atoms with Gasteiger partial charge in [0.25, 0.3) is 0 Å². The summed E-state index contributed by atoms with van der Waals surface area (Å²) in [5.41, 5.74) is 1.89. The highest BCUT2D eigenvalue weighted by atomic mass is 35.5. The van der Waals surface area contributed by atoms with Gasteiger partial charge in [-0.25, -0.2) is 0 Å². The summed E-state index contributed by atoms with van der Waals surface area (Å²) in [5.74, 6) is 3.69. The molecule has 3 rings (SSSR count). The Balaban J connectivity index is 1.97. The number of halogens is 2. The minimum absolute atomic E-state index is 0.478. The summed E-state index contributed by atoms with van der Waals surface area (Å²) in [6, 6.07) is 6.18. The quantitative estimate of drug-likeness (QED) is 0.678. The predicted octanol–water partition coefficient (Wildman–Crippen LogP) is 3.51. The molecule has 0 nitrogen and oxygen atoms in total. The van der Waals surface area contributed by atoms with Gasteiger partial charge in [0.1, 0.15) is 11.5 Å². The Morgan fingerprint density at radius 1 is 1.33 bits per heavy atom. The van der Waals surface area contributed by atoms with Crippen LogP contribution in [0.15, 0.2) is 18.2 Å². The molecule has 3 heteroatoms. The third kappa shape index (κ3) is 1.51. The third-order valence-electron chi connectivity index (χ3n) is 3.72. The van der Waals surface area contributed by atoms with Crippen LogP contribution in [-0.4, -0.2) is 17.8 Å². The van der Waals surface area contributed by atoms with E-state index in [2.05, 4.69) is 18.4 Å². The van der Waals surface area contributed by atoms with Crippen molar-refractivity contribution in [1.29, 1.82) is 0 Å². The molecule has 0 radical (unpaired) electrons. The zero-order valence-electron chi connectivity index (χ0n) is 8.59. The van der Waals surface area contributed by atoms with Crippen LogP contribution in [0.5, 0.6) is 0 Å². The van der Waals surface area contributed by atoms with E-state index in [9.17, 15) is 0 Å². The maximum Gasteiger partial charge on any atom is 0.118 e. The summed E-state index contributed by atoms with van der Waals surface area (Å²) in [6.07, 6.45) is 3.74. The van der Waals surface area contributed by atoms with Gasteiger partial charge in [0.15, 0.2) is 0 Å². The lowest BCUT2D eigenvalue weighted by molar-refractivity contribution is 0.747. The molecule has 1 saturated carbocycles. The Bertz CT molecular complexity index is 418. The normalized spacial score (nSPS) is 37.8. The highest BCUT2D eigenvalue weighted by molar-refractivity contribution is 7.96. The Morgan fingerprint density at radius 2 is 2.13 bits per heavy atom. The van der Waals surface area contributed by atoms with Crippen molar-refractivity contribution < 1.29 is 0 Å². The van der Waals surface area contributed by atoms with Crippen LogP contribution < -0.4 is 0 Å². The van der Waals surface area contributed by atoms with E-state index in [-0.39, 0.29) is 0 Å². The van der Waals surface area contributed by atoms with Crippen LogP contribution in [0, 0.1) is 5.92 Å². The molecule has 15 heavy (non-hydrogen) atoms. The van der Waals surface area contributed by atoms with Crippen molar-refractivity contribution >= 4 is 34.1 Å². The molecule has 0 spiro atoms. The molecule has 0 aromatic heterocycles. The molecule has 1 aliphatic heterocycles. The van der Waals surface area contributed by atoms with Gasteiger partial charge in [0.05, 0.1) is 16.3 Å². The van der Waals surface area contributed by atoms with Gasteiger partial charge >= 0.3 is 0 Å². The number of fused-ring (bicyclic) bond motifs is 1. The van der Waals surface area contributed by atoms with Crippen molar-refractivity contribution in [3.05, 3.63) is 33.8 Å². The van der Waals surface area contributed by atoms with Gasteiger partial charge in [-0.3, -0.25) is 0 Å². The van der Waals surface area contributed by atoms with Gasteiger partial charge < -0.3 is 0 Å². The topological polar surface area (TPSA) is 0 Å². The first-order chi connectivity index (χ1) is 7.12. The molecule has 1 saturated heterocycles. The Morgan fingerprint density at radius 3 is 2.73 bits per heavy atom. The molecule has 2 fully saturated rings. The largest absolute Gasteiger partial charge is 0.118 e. The summed E-state index contributed by atoms with van der Waals surface area (Å²) < 4.78 is 0. The van der Waals surface area contributed by atoms with E-state index < -0.39 is 0 Å². The highest BCUT2D eigenvalue weighted by Gasteiger charge is 2.65. The molecule has 2 aliphatic rings. The van der Waals surface area contributed by atoms with E-state index in [4.69, 9.17) is 23.2 Å². The minimum atomic E-state index is 0.478. The number of rotatable bonds is 1. The van der Waals surface area contributed by atoms with E-state index >= 15 is 0 Å². The van der Waals surface area contributed by atoms with E-state index in [1.807, 2.05) is 6.07 Å². The first-order valence-electron chi connectivity index (χ1n) is 5.16. The molecule has 1 aromatic carbocycles. The van der Waals surface area contributed by atoms with Gasteiger partial charge in [0.2, 0.25) is 0 Å². The van der Waals surface area contributed by atoms with Crippen LogP contribution in [0.4, 0.5) is 0 Å². The minimum Gasteiger partial charge on any atom is -0.0827 e. The number of benzene rings is 1. The maximum absolute atomic E-state index is 6.08. The van der Waals surface area contributed by atoms with E-state index in [0.717, 1.165) is 5.92 Å². The van der Waals surface area contributed by atoms with Crippen molar-refractivity contribution in [2.24, 2.45) is 5.92 Å². The average Bonchev–Trinajstić information content (AvgIpc) is 2.75. The Labute approximate surface area is 103 Å². The monoisotopic (exact) mass is 259 g/mol. The van der Waals surface area contributed by atoms with Crippen LogP contribution in [0.2, 0.25) is 10.0 Å². The molecule has 3 atom stereocenters. The molecule has 1 aromatic rings. The number of hydrogen-bond acceptors (Lipinski definition) is 0. The summed E-state index contributed by atoms with van der Waals surface area (Å²) in [5, 5.41) is 1.37. The third-order valence-corrected chi connectivity index (χ3v) is 6.43. The fourth-order valence-corrected chi connectivity index (χ4v) is 5.80. The molecule has 3 unspecified atom stereocenters. The second-order valence-corrected chi connectivity index (χ2v) is 7.78. The van der Waals surface area contributed by atoms with E-state index in [1.165, 1.54) is 23.5 Å². The molecular weight excluding hydrogens is 247 g/mol. The van der Waals surface area contributed by atoms with Gasteiger partial charge in [0, 0.05) is 11.3 Å². The SMILES string of the molecule is C[S+]1CC2CC2(c2ccc(Cl)c(Cl)c2)C1. The van der Waals surface area contributed by atoms with Crippen molar-refractivity contribution in [3.8, 4) is 0 Å². The maximum atomic E-state index is 6.08. The average molecular weight is 260 g/mol. The lowest BCUT2D eigenvalue weighted by Crippen LogP contribution is -2.15. The van der Waals surface area contributed by atoms with Crippen molar-refractivity contribution in [2.45, 2.75) is 11.8 Å². The van der Waals surface area contributed by atoms with Gasteiger partial charge in [-0.2, -0.15) is 0 Å². The van der Waals surface area contributed by atoms with Gasteiger partial charge in [-0.1, -0.05) is 29.3 Å². The van der Waals surface area contributed by atoms with Crippen LogP contribution >= 0.6 is 23.2 Å². The van der Waals surface area contributed by atoms with Crippen LogP contribution in [0.25, 0.3) is 0 Å². The van der Waals surface area contributed by atoms with Crippen LogP contribution in [-0.2, 0) is 16.3 Å². The smallest absolute Gasteiger partial charge is 0.0827 e. The van der Waals surface area contributed by atoms with Crippen molar-refractivity contribution in [1.82, 2.24) is 0 Å². The molecular formula is C12H13Cl2S+. The molecule has 0 amide bonds. The molecule has 1 aliphatic carbocycles.